The molecule has 0 atom stereocenters. The van der Waals surface area contributed by atoms with Crippen LogP contribution in [0.4, 0.5) is 5.69 Å². The van der Waals surface area contributed by atoms with Crippen LogP contribution in [-0.2, 0) is 10.0 Å². The summed E-state index contributed by atoms with van der Waals surface area (Å²) in [6, 6.07) is 17.9. The summed E-state index contributed by atoms with van der Waals surface area (Å²) in [5.74, 6) is 0.652. The summed E-state index contributed by atoms with van der Waals surface area (Å²) in [4.78, 5) is 17.4. The fourth-order valence-corrected chi connectivity index (χ4v) is 4.81. The molecule has 9 heteroatoms. The first-order valence-electron chi connectivity index (χ1n) is 9.25. The topological polar surface area (TPSA) is 90.3 Å². The van der Waals surface area contributed by atoms with E-state index in [0.29, 0.717) is 22.4 Å². The highest BCUT2D eigenvalue weighted by Crippen LogP contribution is 2.29. The summed E-state index contributed by atoms with van der Waals surface area (Å²) in [6.07, 6.45) is 0. The zero-order valence-electron chi connectivity index (χ0n) is 16.7. The molecule has 0 radical (unpaired) electrons. The lowest BCUT2D eigenvalue weighted by Crippen LogP contribution is -2.22. The molecule has 7 nitrogen and oxygen atoms in total. The largest absolute Gasteiger partial charge is 0.495 e. The molecule has 0 bridgehead atoms. The fourth-order valence-electron chi connectivity index (χ4n) is 3.33. The zero-order valence-corrected chi connectivity index (χ0v) is 18.2. The third-order valence-corrected chi connectivity index (χ3v) is 6.35. The van der Waals surface area contributed by atoms with E-state index in [9.17, 15) is 13.2 Å². The van der Waals surface area contributed by atoms with Crippen molar-refractivity contribution in [2.24, 2.45) is 0 Å². The number of methoxy groups -OCH3 is 1. The Morgan fingerprint density at radius 3 is 2.58 bits per heavy atom. The number of para-hydroxylation sites is 1. The molecule has 0 aliphatic heterocycles. The summed E-state index contributed by atoms with van der Waals surface area (Å²) in [7, 11) is -2.62. The molecule has 3 aromatic carbocycles. The first kappa shape index (κ1) is 20.9. The molecule has 0 fully saturated rings. The second-order valence-corrected chi connectivity index (χ2v) is 8.85. The van der Waals surface area contributed by atoms with Gasteiger partial charge in [0.1, 0.15) is 16.5 Å². The molecule has 0 saturated heterocycles. The van der Waals surface area contributed by atoms with Crippen LogP contribution >= 0.6 is 11.6 Å². The molecule has 158 valence electrons. The first-order chi connectivity index (χ1) is 14.8. The van der Waals surface area contributed by atoms with Crippen LogP contribution in [0.5, 0.6) is 5.75 Å². The normalized spacial score (nSPS) is 11.5. The lowest BCUT2D eigenvalue weighted by molar-refractivity contribution is 0.403. The monoisotopic (exact) mass is 455 g/mol. The summed E-state index contributed by atoms with van der Waals surface area (Å²) in [6.45, 7) is 1.72. The van der Waals surface area contributed by atoms with Gasteiger partial charge in [-0.15, -0.1) is 0 Å². The van der Waals surface area contributed by atoms with Gasteiger partial charge in [-0.05, 0) is 55.5 Å². The number of fused-ring (bicyclic) bond motifs is 1. The van der Waals surface area contributed by atoms with Gasteiger partial charge in [-0.25, -0.2) is 13.4 Å². The third kappa shape index (κ3) is 3.99. The van der Waals surface area contributed by atoms with E-state index in [2.05, 4.69) is 9.71 Å². The molecule has 4 aromatic rings. The van der Waals surface area contributed by atoms with Crippen molar-refractivity contribution >= 4 is 38.2 Å². The number of nitrogens with one attached hydrogen (secondary N) is 1. The Balaban J connectivity index is 1.78. The van der Waals surface area contributed by atoms with E-state index in [4.69, 9.17) is 16.3 Å². The zero-order chi connectivity index (χ0) is 22.2. The van der Waals surface area contributed by atoms with E-state index >= 15 is 0 Å². The van der Waals surface area contributed by atoms with E-state index in [0.717, 1.165) is 0 Å². The Hall–Kier alpha value is -3.36. The lowest BCUT2D eigenvalue weighted by Gasteiger charge is -2.14. The number of rotatable bonds is 5. The van der Waals surface area contributed by atoms with Gasteiger partial charge in [0, 0.05) is 5.02 Å². The molecular formula is C22H18ClN3O4S. The van der Waals surface area contributed by atoms with Crippen molar-refractivity contribution in [3.05, 3.63) is 87.9 Å². The molecule has 1 heterocycles. The maximum Gasteiger partial charge on any atom is 0.265 e. The van der Waals surface area contributed by atoms with Gasteiger partial charge in [0.05, 0.1) is 29.4 Å². The van der Waals surface area contributed by atoms with Crippen molar-refractivity contribution < 1.29 is 13.2 Å². The summed E-state index contributed by atoms with van der Waals surface area (Å²) >= 11 is 5.98. The highest BCUT2D eigenvalue weighted by molar-refractivity contribution is 7.92. The van der Waals surface area contributed by atoms with Crippen molar-refractivity contribution in [2.75, 3.05) is 11.8 Å². The highest BCUT2D eigenvalue weighted by atomic mass is 35.5. The number of halogens is 1. The number of ether oxygens (including phenoxy) is 1. The third-order valence-electron chi connectivity index (χ3n) is 4.72. The lowest BCUT2D eigenvalue weighted by atomic mass is 10.2. The Labute approximate surface area is 183 Å². The Kier molecular flexibility index (Phi) is 5.43. The number of sulfonamides is 1. The van der Waals surface area contributed by atoms with E-state index in [1.165, 1.54) is 23.8 Å². The molecule has 0 spiro atoms. The quantitative estimate of drug-likeness (QED) is 0.488. The number of hydrogen-bond donors (Lipinski definition) is 1. The number of aromatic nitrogens is 2. The Morgan fingerprint density at radius 1 is 1.03 bits per heavy atom. The second kappa shape index (κ2) is 8.05. The van der Waals surface area contributed by atoms with E-state index < -0.39 is 10.0 Å². The average Bonchev–Trinajstić information content (AvgIpc) is 2.74. The molecule has 0 saturated carbocycles. The van der Waals surface area contributed by atoms with Gasteiger partial charge < -0.3 is 4.74 Å². The number of nitrogens with zero attached hydrogens (tertiary/aromatic N) is 2. The van der Waals surface area contributed by atoms with Gasteiger partial charge in [-0.1, -0.05) is 29.8 Å². The Morgan fingerprint density at radius 2 is 1.81 bits per heavy atom. The van der Waals surface area contributed by atoms with Crippen LogP contribution in [0.15, 0.2) is 76.4 Å². The van der Waals surface area contributed by atoms with Gasteiger partial charge in [0.25, 0.3) is 15.6 Å². The van der Waals surface area contributed by atoms with Gasteiger partial charge in [-0.3, -0.25) is 14.1 Å². The minimum absolute atomic E-state index is 0.0892. The highest BCUT2D eigenvalue weighted by Gasteiger charge is 2.21. The number of aryl methyl sites for hydroxylation is 1. The van der Waals surface area contributed by atoms with Crippen LogP contribution in [0.1, 0.15) is 5.82 Å². The Bertz CT molecular complexity index is 1470. The van der Waals surface area contributed by atoms with Crippen LogP contribution in [0, 0.1) is 6.92 Å². The summed E-state index contributed by atoms with van der Waals surface area (Å²) in [5.41, 5.74) is 1.13. The first-order valence-corrected chi connectivity index (χ1v) is 11.1. The van der Waals surface area contributed by atoms with Gasteiger partial charge in [0.15, 0.2) is 0 Å². The molecule has 4 rings (SSSR count). The SMILES string of the molecule is COc1ccc(Cl)cc1S(=O)(=O)Nc1cccc(-n2c(C)nc3ccccc3c2=O)c1. The fraction of sp³-hybridized carbons (Fsp3) is 0.0909. The molecule has 31 heavy (non-hydrogen) atoms. The maximum atomic E-state index is 13.0. The van der Waals surface area contributed by atoms with Gasteiger partial charge >= 0.3 is 0 Å². The molecular weight excluding hydrogens is 438 g/mol. The minimum Gasteiger partial charge on any atom is -0.495 e. The van der Waals surface area contributed by atoms with Crippen LogP contribution in [0.3, 0.4) is 0 Å². The van der Waals surface area contributed by atoms with Gasteiger partial charge in [-0.2, -0.15) is 0 Å². The van der Waals surface area contributed by atoms with E-state index in [1.54, 1.807) is 55.5 Å². The number of anilines is 1. The molecule has 0 aliphatic carbocycles. The predicted molar refractivity (Wildman–Crippen MR) is 121 cm³/mol. The standard InChI is InChI=1S/C22H18ClN3O4S/c1-14-24-19-9-4-3-8-18(19)22(27)26(14)17-7-5-6-16(13-17)25-31(28,29)21-12-15(23)10-11-20(21)30-2/h3-13,25H,1-2H3. The second-order valence-electron chi connectivity index (χ2n) is 6.77. The summed E-state index contributed by atoms with van der Waals surface area (Å²) < 4.78 is 35.0. The summed E-state index contributed by atoms with van der Waals surface area (Å²) in [5, 5.41) is 0.738. The van der Waals surface area contributed by atoms with Crippen molar-refractivity contribution in [2.45, 2.75) is 11.8 Å². The van der Waals surface area contributed by atoms with Crippen LogP contribution in [-0.4, -0.2) is 25.1 Å². The molecule has 1 aromatic heterocycles. The van der Waals surface area contributed by atoms with Crippen LogP contribution in [0.25, 0.3) is 16.6 Å². The smallest absolute Gasteiger partial charge is 0.265 e. The van der Waals surface area contributed by atoms with E-state index in [-0.39, 0.29) is 26.9 Å². The predicted octanol–water partition coefficient (Wildman–Crippen LogP) is 4.16. The average molecular weight is 456 g/mol. The van der Waals surface area contributed by atoms with Crippen molar-refractivity contribution in [1.82, 2.24) is 9.55 Å². The van der Waals surface area contributed by atoms with Crippen molar-refractivity contribution in [3.8, 4) is 11.4 Å². The molecule has 1 N–H and O–H groups in total. The van der Waals surface area contributed by atoms with E-state index in [1.807, 2.05) is 6.07 Å². The van der Waals surface area contributed by atoms with Crippen LogP contribution < -0.4 is 15.0 Å². The van der Waals surface area contributed by atoms with Gasteiger partial charge in [0.2, 0.25) is 0 Å². The molecule has 0 aliphatic rings. The number of benzene rings is 3. The minimum atomic E-state index is -3.99. The van der Waals surface area contributed by atoms with Crippen molar-refractivity contribution in [3.63, 3.8) is 0 Å². The molecule has 0 unspecified atom stereocenters. The van der Waals surface area contributed by atoms with Crippen LogP contribution in [0.2, 0.25) is 5.02 Å². The number of hydrogen-bond acceptors (Lipinski definition) is 5. The maximum absolute atomic E-state index is 13.0. The molecule has 0 amide bonds. The van der Waals surface area contributed by atoms with Crippen molar-refractivity contribution in [1.29, 1.82) is 0 Å².